The van der Waals surface area contributed by atoms with Crippen molar-refractivity contribution in [3.8, 4) is 17.3 Å². The fourth-order valence-electron chi connectivity index (χ4n) is 2.53. The zero-order valence-electron chi connectivity index (χ0n) is 15.3. The summed E-state index contributed by atoms with van der Waals surface area (Å²) in [4.78, 5) is 37.9. The number of nitrogens with zero attached hydrogens (tertiary/aromatic N) is 4. The molecular weight excluding hydrogens is 346 g/mol. The van der Waals surface area contributed by atoms with E-state index in [-0.39, 0.29) is 18.0 Å². The minimum absolute atomic E-state index is 0.190. The number of hydrogen-bond donors (Lipinski definition) is 1. The number of anilines is 1. The molecule has 0 spiro atoms. The van der Waals surface area contributed by atoms with E-state index in [4.69, 9.17) is 4.74 Å². The van der Waals surface area contributed by atoms with Crippen molar-refractivity contribution in [3.63, 3.8) is 0 Å². The van der Waals surface area contributed by atoms with Crippen LogP contribution in [0.15, 0.2) is 47.7 Å². The molecule has 0 fully saturated rings. The van der Waals surface area contributed by atoms with E-state index in [9.17, 15) is 9.59 Å². The highest BCUT2D eigenvalue weighted by Gasteiger charge is 2.17. The van der Waals surface area contributed by atoms with Crippen LogP contribution in [-0.2, 0) is 11.3 Å². The van der Waals surface area contributed by atoms with Crippen molar-refractivity contribution >= 4 is 11.6 Å². The molecule has 0 unspecified atom stereocenters. The predicted octanol–water partition coefficient (Wildman–Crippen LogP) is 1.96. The molecular formula is C19H19N5O3. The van der Waals surface area contributed by atoms with Crippen molar-refractivity contribution in [1.82, 2.24) is 19.5 Å². The largest absolute Gasteiger partial charge is 0.497 e. The Morgan fingerprint density at radius 2 is 1.93 bits per heavy atom. The third kappa shape index (κ3) is 4.00. The average Bonchev–Trinajstić information content (AvgIpc) is 2.69. The monoisotopic (exact) mass is 365 g/mol. The molecule has 0 aliphatic carbocycles. The first kappa shape index (κ1) is 18.2. The molecule has 3 aromatic rings. The third-order valence-corrected chi connectivity index (χ3v) is 4.11. The zero-order valence-corrected chi connectivity index (χ0v) is 15.3. The van der Waals surface area contributed by atoms with Gasteiger partial charge in [-0.15, -0.1) is 0 Å². The first-order valence-corrected chi connectivity index (χ1v) is 8.28. The number of carbonyl (C=O) groups excluding carboxylic acids is 1. The minimum atomic E-state index is -0.350. The van der Waals surface area contributed by atoms with E-state index in [1.165, 1.54) is 23.2 Å². The molecule has 0 saturated heterocycles. The smallest absolute Gasteiger partial charge is 0.257 e. The lowest BCUT2D eigenvalue weighted by atomic mass is 10.2. The molecule has 1 aromatic carbocycles. The minimum Gasteiger partial charge on any atom is -0.497 e. The van der Waals surface area contributed by atoms with Gasteiger partial charge in [-0.3, -0.25) is 19.1 Å². The second kappa shape index (κ2) is 7.77. The van der Waals surface area contributed by atoms with Gasteiger partial charge >= 0.3 is 0 Å². The summed E-state index contributed by atoms with van der Waals surface area (Å²) < 4.78 is 6.41. The predicted molar refractivity (Wildman–Crippen MR) is 101 cm³/mol. The average molecular weight is 365 g/mol. The van der Waals surface area contributed by atoms with E-state index in [0.29, 0.717) is 34.2 Å². The van der Waals surface area contributed by atoms with Crippen molar-refractivity contribution in [2.45, 2.75) is 20.4 Å². The summed E-state index contributed by atoms with van der Waals surface area (Å²) >= 11 is 0. The Labute approximate surface area is 155 Å². The number of benzene rings is 1. The Morgan fingerprint density at radius 1 is 1.19 bits per heavy atom. The molecule has 0 bridgehead atoms. The quantitative estimate of drug-likeness (QED) is 0.742. The van der Waals surface area contributed by atoms with Crippen LogP contribution in [0.4, 0.5) is 5.69 Å². The van der Waals surface area contributed by atoms with Crippen LogP contribution in [0.25, 0.3) is 11.5 Å². The maximum Gasteiger partial charge on any atom is 0.257 e. The number of aromatic nitrogens is 4. The number of rotatable bonds is 5. The first-order chi connectivity index (χ1) is 13.0. The number of amides is 1. The fraction of sp³-hybridized carbons (Fsp3) is 0.211. The highest BCUT2D eigenvalue weighted by Crippen LogP contribution is 2.16. The summed E-state index contributed by atoms with van der Waals surface area (Å²) in [5.41, 5.74) is 1.82. The van der Waals surface area contributed by atoms with Crippen molar-refractivity contribution in [2.75, 3.05) is 12.4 Å². The maximum absolute atomic E-state index is 12.7. The Morgan fingerprint density at radius 3 is 2.56 bits per heavy atom. The normalized spacial score (nSPS) is 10.5. The Hall–Kier alpha value is -3.55. The van der Waals surface area contributed by atoms with Crippen LogP contribution in [0.2, 0.25) is 0 Å². The zero-order chi connectivity index (χ0) is 19.4. The van der Waals surface area contributed by atoms with E-state index in [0.717, 1.165) is 0 Å². The number of nitrogens with one attached hydrogen (secondary N) is 1. The number of methoxy groups -OCH3 is 1. The lowest BCUT2D eigenvalue weighted by Crippen LogP contribution is -2.32. The molecule has 3 rings (SSSR count). The molecule has 0 atom stereocenters. The number of aryl methyl sites for hydroxylation is 1. The third-order valence-electron chi connectivity index (χ3n) is 4.11. The van der Waals surface area contributed by atoms with Gasteiger partial charge in [0.05, 0.1) is 13.3 Å². The summed E-state index contributed by atoms with van der Waals surface area (Å²) in [5, 5.41) is 2.76. The molecule has 0 saturated carbocycles. The lowest BCUT2D eigenvalue weighted by molar-refractivity contribution is -0.116. The van der Waals surface area contributed by atoms with Crippen LogP contribution < -0.4 is 15.6 Å². The van der Waals surface area contributed by atoms with Gasteiger partial charge in [-0.2, -0.15) is 0 Å². The number of hydrogen-bond acceptors (Lipinski definition) is 6. The summed E-state index contributed by atoms with van der Waals surface area (Å²) in [5.74, 6) is 0.644. The van der Waals surface area contributed by atoms with Gasteiger partial charge in [-0.05, 0) is 38.1 Å². The molecule has 1 amide bonds. The molecule has 8 heteroatoms. The van der Waals surface area contributed by atoms with Crippen LogP contribution in [0.5, 0.6) is 5.75 Å². The van der Waals surface area contributed by atoms with Gasteiger partial charge in [0.15, 0.2) is 5.82 Å². The van der Waals surface area contributed by atoms with Crippen molar-refractivity contribution in [3.05, 3.63) is 64.5 Å². The molecule has 2 heterocycles. The van der Waals surface area contributed by atoms with Crippen molar-refractivity contribution < 1.29 is 9.53 Å². The highest BCUT2D eigenvalue weighted by molar-refractivity contribution is 5.90. The van der Waals surface area contributed by atoms with Gasteiger partial charge in [0.25, 0.3) is 5.56 Å². The van der Waals surface area contributed by atoms with Gasteiger partial charge in [-0.25, -0.2) is 9.97 Å². The standard InChI is InChI=1S/C19H19N5O3/c1-12-13(2)22-18(16-10-20-8-9-21-16)24(19(12)26)11-17(25)23-14-4-6-15(27-3)7-5-14/h4-10H,11H2,1-3H3,(H,23,25). The molecule has 0 radical (unpaired) electrons. The van der Waals surface area contributed by atoms with Crippen LogP contribution in [0.1, 0.15) is 11.3 Å². The van der Waals surface area contributed by atoms with Crippen LogP contribution in [-0.4, -0.2) is 32.5 Å². The Kier molecular flexibility index (Phi) is 5.25. The van der Waals surface area contributed by atoms with E-state index in [1.54, 1.807) is 45.2 Å². The lowest BCUT2D eigenvalue weighted by Gasteiger charge is -2.14. The SMILES string of the molecule is COc1ccc(NC(=O)Cn2c(-c3cnccn3)nc(C)c(C)c2=O)cc1. The van der Waals surface area contributed by atoms with Gasteiger partial charge < -0.3 is 10.1 Å². The second-order valence-corrected chi connectivity index (χ2v) is 5.90. The van der Waals surface area contributed by atoms with E-state index in [1.807, 2.05) is 0 Å². The summed E-state index contributed by atoms with van der Waals surface area (Å²) in [6.07, 6.45) is 4.55. The molecule has 0 aliphatic rings. The molecule has 2 aromatic heterocycles. The summed E-state index contributed by atoms with van der Waals surface area (Å²) in [6.45, 7) is 3.24. The molecule has 8 nitrogen and oxygen atoms in total. The number of carbonyl (C=O) groups is 1. The van der Waals surface area contributed by atoms with Gasteiger partial charge in [0.2, 0.25) is 5.91 Å². The van der Waals surface area contributed by atoms with Crippen LogP contribution in [0.3, 0.4) is 0 Å². The van der Waals surface area contributed by atoms with Crippen LogP contribution in [0, 0.1) is 13.8 Å². The van der Waals surface area contributed by atoms with Crippen molar-refractivity contribution in [1.29, 1.82) is 0 Å². The number of ether oxygens (including phenoxy) is 1. The second-order valence-electron chi connectivity index (χ2n) is 5.90. The van der Waals surface area contributed by atoms with E-state index < -0.39 is 0 Å². The first-order valence-electron chi connectivity index (χ1n) is 8.28. The summed E-state index contributed by atoms with van der Waals surface area (Å²) in [6, 6.07) is 6.93. The topological polar surface area (TPSA) is 99.0 Å². The molecule has 1 N–H and O–H groups in total. The molecule has 138 valence electrons. The molecule has 27 heavy (non-hydrogen) atoms. The van der Waals surface area contributed by atoms with E-state index >= 15 is 0 Å². The maximum atomic E-state index is 12.7. The fourth-order valence-corrected chi connectivity index (χ4v) is 2.53. The Bertz CT molecular complexity index is 1010. The van der Waals surface area contributed by atoms with Crippen LogP contribution >= 0.6 is 0 Å². The Balaban J connectivity index is 1.92. The van der Waals surface area contributed by atoms with Gasteiger partial charge in [0.1, 0.15) is 18.0 Å². The van der Waals surface area contributed by atoms with Gasteiger partial charge in [-0.1, -0.05) is 0 Å². The van der Waals surface area contributed by atoms with E-state index in [2.05, 4.69) is 20.3 Å². The summed E-state index contributed by atoms with van der Waals surface area (Å²) in [7, 11) is 1.57. The van der Waals surface area contributed by atoms with Crippen molar-refractivity contribution in [2.24, 2.45) is 0 Å². The molecule has 0 aliphatic heterocycles. The highest BCUT2D eigenvalue weighted by atomic mass is 16.5. The van der Waals surface area contributed by atoms with Gasteiger partial charge in [0, 0.05) is 29.3 Å².